The van der Waals surface area contributed by atoms with Crippen LogP contribution in [0, 0.1) is 5.92 Å². The van der Waals surface area contributed by atoms with Crippen LogP contribution in [0.15, 0.2) is 30.6 Å². The summed E-state index contributed by atoms with van der Waals surface area (Å²) in [5.41, 5.74) is 4.76. The van der Waals surface area contributed by atoms with Crippen molar-refractivity contribution in [2.45, 2.75) is 140 Å². The van der Waals surface area contributed by atoms with Crippen LogP contribution in [0.3, 0.4) is 0 Å². The molecule has 3 amide bonds. The molecule has 2 saturated carbocycles. The van der Waals surface area contributed by atoms with Crippen molar-refractivity contribution >= 4 is 40.4 Å². The van der Waals surface area contributed by atoms with Gasteiger partial charge < -0.3 is 34.2 Å². The molecular formula is C44H60N8O4. The number of hydrogen-bond donors (Lipinski definition) is 1. The average molecular weight is 765 g/mol. The highest BCUT2D eigenvalue weighted by Crippen LogP contribution is 2.52. The Morgan fingerprint density at radius 2 is 1.59 bits per heavy atom. The highest BCUT2D eigenvalue weighted by atomic mass is 16.6. The van der Waals surface area contributed by atoms with Gasteiger partial charge in [-0.2, -0.15) is 0 Å². The fourth-order valence-electron chi connectivity index (χ4n) is 10.0. The highest BCUT2D eigenvalue weighted by Gasteiger charge is 2.56. The average Bonchev–Trinajstić information content (AvgIpc) is 3.83. The third-order valence-electron chi connectivity index (χ3n) is 13.5. The number of rotatable bonds is 7. The van der Waals surface area contributed by atoms with E-state index in [9.17, 15) is 9.59 Å². The topological polar surface area (TPSA) is 116 Å². The first-order valence-electron chi connectivity index (χ1n) is 21.5. The lowest BCUT2D eigenvalue weighted by Crippen LogP contribution is -2.59. The molecule has 9 rings (SSSR count). The number of esters is 1. The number of ether oxygens (including phenoxy) is 1. The second kappa shape index (κ2) is 14.3. The zero-order chi connectivity index (χ0) is 38.9. The molecule has 0 atom stereocenters. The minimum Gasteiger partial charge on any atom is -0.460 e. The Morgan fingerprint density at radius 1 is 0.893 bits per heavy atom. The molecule has 12 heteroatoms. The monoisotopic (exact) mass is 764 g/mol. The number of urea groups is 1. The molecule has 1 N–H and O–H groups in total. The molecule has 4 aliphatic heterocycles. The van der Waals surface area contributed by atoms with Crippen LogP contribution in [0.2, 0.25) is 0 Å². The fourth-order valence-corrected chi connectivity index (χ4v) is 10.0. The molecule has 0 radical (unpaired) electrons. The third kappa shape index (κ3) is 6.83. The molecule has 1 spiro atoms. The maximum atomic E-state index is 15.0. The molecule has 3 aromatic rings. The normalized spacial score (nSPS) is 24.5. The molecule has 56 heavy (non-hydrogen) atoms. The number of imidazole rings is 1. The van der Waals surface area contributed by atoms with E-state index >= 15 is 4.79 Å². The smallest absolute Gasteiger partial charge is 0.319 e. The molecule has 2 aliphatic carbocycles. The van der Waals surface area contributed by atoms with Crippen molar-refractivity contribution in [3.8, 4) is 11.3 Å². The van der Waals surface area contributed by atoms with Crippen LogP contribution in [0.25, 0.3) is 22.3 Å². The number of fused-ring (bicyclic) bond motifs is 3. The first kappa shape index (κ1) is 37.4. The number of benzene rings is 1. The lowest BCUT2D eigenvalue weighted by atomic mass is 9.73. The van der Waals surface area contributed by atoms with Crippen molar-refractivity contribution in [1.29, 1.82) is 0 Å². The Kier molecular flexibility index (Phi) is 9.56. The SMILES string of the molecule is CC(C)n1cnc2cc(-c3ccc4c(c3)N([C@H]3C[C@@H](N5CCCCC5)C3)C(=O)C43CCN(C(=O)N4CCC(C(=O)OC(C)(C)C)CC4)CC3)nc(NC3CC3)c21. The number of hydrogen-bond acceptors (Lipinski definition) is 8. The van der Waals surface area contributed by atoms with E-state index < -0.39 is 11.0 Å². The van der Waals surface area contributed by atoms with Gasteiger partial charge in [0.05, 0.1) is 28.9 Å². The number of nitrogens with zero attached hydrogens (tertiary/aromatic N) is 7. The number of anilines is 2. The summed E-state index contributed by atoms with van der Waals surface area (Å²) in [7, 11) is 0. The van der Waals surface area contributed by atoms with E-state index in [1.807, 2.05) is 36.9 Å². The van der Waals surface area contributed by atoms with E-state index in [1.54, 1.807) is 0 Å². The van der Waals surface area contributed by atoms with Gasteiger partial charge in [-0.1, -0.05) is 18.6 Å². The lowest BCUT2D eigenvalue weighted by Gasteiger charge is -2.48. The van der Waals surface area contributed by atoms with Gasteiger partial charge in [-0.05, 0) is 130 Å². The number of carbonyl (C=O) groups is 3. The molecule has 1 aromatic carbocycles. The summed E-state index contributed by atoms with van der Waals surface area (Å²) in [6.45, 7) is 14.5. The molecule has 12 nitrogen and oxygen atoms in total. The Hall–Kier alpha value is -4.19. The number of pyridine rings is 1. The van der Waals surface area contributed by atoms with Gasteiger partial charge >= 0.3 is 12.0 Å². The van der Waals surface area contributed by atoms with Gasteiger partial charge in [0.25, 0.3) is 0 Å². The highest BCUT2D eigenvalue weighted by molar-refractivity contribution is 6.09. The quantitative estimate of drug-likeness (QED) is 0.253. The van der Waals surface area contributed by atoms with E-state index in [-0.39, 0.29) is 35.9 Å². The van der Waals surface area contributed by atoms with Crippen molar-refractivity contribution in [2.24, 2.45) is 5.92 Å². The van der Waals surface area contributed by atoms with Gasteiger partial charge in [0.1, 0.15) is 11.1 Å². The summed E-state index contributed by atoms with van der Waals surface area (Å²) in [5.74, 6) is 0.735. The molecule has 0 bridgehead atoms. The largest absolute Gasteiger partial charge is 0.460 e. The zero-order valence-corrected chi connectivity index (χ0v) is 34.1. The standard InChI is InChI=1S/C44H60N8O4/c1-28(2)51-27-45-36-26-35(47-39(38(36)51)46-31-10-11-31)30-9-12-34-37(23-30)52(33-24-32(25-33)48-17-7-6-8-18-48)41(54)44(34)15-21-50(22-16-44)42(55)49-19-13-29(14-20-49)40(53)56-43(3,4)5/h9,12,23,26-29,31-33H,6-8,10-11,13-22,24-25H2,1-5H3,(H,46,47)/t32-,33+. The summed E-state index contributed by atoms with van der Waals surface area (Å²) in [4.78, 5) is 60.3. The lowest BCUT2D eigenvalue weighted by molar-refractivity contribution is -0.161. The van der Waals surface area contributed by atoms with Crippen molar-refractivity contribution in [2.75, 3.05) is 49.5 Å². The van der Waals surface area contributed by atoms with Crippen LogP contribution in [0.5, 0.6) is 0 Å². The van der Waals surface area contributed by atoms with Gasteiger partial charge in [-0.25, -0.2) is 14.8 Å². The summed E-state index contributed by atoms with van der Waals surface area (Å²) in [6.07, 6.45) is 12.5. The van der Waals surface area contributed by atoms with Gasteiger partial charge in [0, 0.05) is 61.6 Å². The fraction of sp³-hybridized carbons (Fsp3) is 0.659. The number of nitrogens with one attached hydrogen (secondary N) is 1. The molecule has 6 heterocycles. The number of carbonyl (C=O) groups excluding carboxylic acids is 3. The van der Waals surface area contributed by atoms with Gasteiger partial charge in [0.2, 0.25) is 5.91 Å². The summed E-state index contributed by atoms with van der Waals surface area (Å²) in [5, 5.41) is 3.69. The summed E-state index contributed by atoms with van der Waals surface area (Å²) in [6, 6.07) is 10.1. The van der Waals surface area contributed by atoms with Gasteiger partial charge in [-0.3, -0.25) is 9.59 Å². The second-order valence-electron chi connectivity index (χ2n) is 18.8. The Balaban J connectivity index is 0.972. The van der Waals surface area contributed by atoms with Crippen LogP contribution in [0.1, 0.15) is 117 Å². The summed E-state index contributed by atoms with van der Waals surface area (Å²) < 4.78 is 7.83. The minimum atomic E-state index is -0.656. The van der Waals surface area contributed by atoms with Crippen molar-refractivity contribution in [1.82, 2.24) is 29.2 Å². The Morgan fingerprint density at radius 3 is 2.25 bits per heavy atom. The Labute approximate surface area is 331 Å². The van der Waals surface area contributed by atoms with Crippen molar-refractivity contribution in [3.05, 3.63) is 36.2 Å². The number of aromatic nitrogens is 3. The molecule has 2 aromatic heterocycles. The van der Waals surface area contributed by atoms with Crippen molar-refractivity contribution < 1.29 is 19.1 Å². The number of likely N-dealkylation sites (tertiary alicyclic amines) is 3. The van der Waals surface area contributed by atoms with E-state index in [0.29, 0.717) is 63.9 Å². The molecule has 0 unspecified atom stereocenters. The molecule has 6 aliphatic rings. The summed E-state index contributed by atoms with van der Waals surface area (Å²) >= 11 is 0. The van der Waals surface area contributed by atoms with Gasteiger partial charge in [-0.15, -0.1) is 0 Å². The predicted octanol–water partition coefficient (Wildman–Crippen LogP) is 7.12. The molecule has 3 saturated heterocycles. The first-order valence-corrected chi connectivity index (χ1v) is 21.5. The minimum absolute atomic E-state index is 0.0146. The number of piperidine rings is 3. The first-order chi connectivity index (χ1) is 26.9. The second-order valence-corrected chi connectivity index (χ2v) is 18.8. The molecule has 5 fully saturated rings. The third-order valence-corrected chi connectivity index (χ3v) is 13.5. The van der Waals surface area contributed by atoms with Crippen LogP contribution in [-0.4, -0.2) is 110 Å². The zero-order valence-electron chi connectivity index (χ0n) is 34.1. The number of amides is 3. The molecular weight excluding hydrogens is 705 g/mol. The van der Waals surface area contributed by atoms with E-state index in [0.717, 1.165) is 78.1 Å². The predicted molar refractivity (Wildman–Crippen MR) is 218 cm³/mol. The van der Waals surface area contributed by atoms with Crippen molar-refractivity contribution in [3.63, 3.8) is 0 Å². The van der Waals surface area contributed by atoms with Crippen LogP contribution in [-0.2, 0) is 19.7 Å². The van der Waals surface area contributed by atoms with Crippen LogP contribution in [0.4, 0.5) is 16.3 Å². The van der Waals surface area contributed by atoms with Crippen LogP contribution < -0.4 is 10.2 Å². The Bertz CT molecular complexity index is 1990. The molecule has 300 valence electrons. The van der Waals surface area contributed by atoms with Crippen LogP contribution >= 0.6 is 0 Å². The van der Waals surface area contributed by atoms with E-state index in [2.05, 4.69) is 57.8 Å². The van der Waals surface area contributed by atoms with Gasteiger partial charge in [0.15, 0.2) is 5.82 Å². The van der Waals surface area contributed by atoms with E-state index in [1.165, 1.54) is 19.3 Å². The maximum absolute atomic E-state index is 15.0. The van der Waals surface area contributed by atoms with E-state index in [4.69, 9.17) is 14.7 Å². The maximum Gasteiger partial charge on any atom is 0.319 e.